The van der Waals surface area contributed by atoms with Gasteiger partial charge in [0.1, 0.15) is 0 Å². The summed E-state index contributed by atoms with van der Waals surface area (Å²) >= 11 is 0. The highest BCUT2D eigenvalue weighted by Crippen LogP contribution is 2.40. The fourth-order valence-corrected chi connectivity index (χ4v) is 5.16. The van der Waals surface area contributed by atoms with Crippen LogP contribution >= 0.6 is 0 Å². The molecule has 1 aliphatic rings. The number of hydrogen-bond acceptors (Lipinski definition) is 5. The molecule has 30 heavy (non-hydrogen) atoms. The van der Waals surface area contributed by atoms with Crippen molar-refractivity contribution in [1.29, 1.82) is 0 Å². The lowest BCUT2D eigenvalue weighted by atomic mass is 9.80. The number of carbonyl (C=O) groups is 1. The third-order valence-corrected chi connectivity index (χ3v) is 7.03. The molecule has 1 saturated carbocycles. The Balaban J connectivity index is 1.70. The molecule has 0 unspecified atom stereocenters. The van der Waals surface area contributed by atoms with Gasteiger partial charge in [-0.15, -0.1) is 0 Å². The van der Waals surface area contributed by atoms with Gasteiger partial charge in [0.05, 0.1) is 16.2 Å². The molecule has 0 radical (unpaired) electrons. The highest BCUT2D eigenvalue weighted by molar-refractivity contribution is 7.89. The maximum atomic E-state index is 12.7. The Morgan fingerprint density at radius 1 is 1.03 bits per heavy atom. The Kier molecular flexibility index (Phi) is 6.52. The first-order valence-corrected chi connectivity index (χ1v) is 11.2. The van der Waals surface area contributed by atoms with Crippen molar-refractivity contribution in [2.75, 3.05) is 6.54 Å². The minimum Gasteiger partial charge on any atom is -0.481 e. The number of carboxylic acids is 1. The zero-order valence-corrected chi connectivity index (χ0v) is 17.2. The third kappa shape index (κ3) is 5.43. The number of hydrogen-bond donors (Lipinski definition) is 2. The smallest absolute Gasteiger partial charge is 0.307 e. The van der Waals surface area contributed by atoms with Gasteiger partial charge in [0.25, 0.3) is 5.69 Å². The molecule has 1 aliphatic carbocycles. The van der Waals surface area contributed by atoms with E-state index in [4.69, 9.17) is 5.11 Å². The molecule has 9 heteroatoms. The molecule has 0 amide bonds. The first-order valence-electron chi connectivity index (χ1n) is 9.73. The minimum atomic E-state index is -3.78. The lowest BCUT2D eigenvalue weighted by Gasteiger charge is -2.29. The van der Waals surface area contributed by atoms with Gasteiger partial charge in [-0.3, -0.25) is 14.9 Å². The fraction of sp³-hybridized carbons (Fsp3) is 0.381. The number of nitrogens with zero attached hydrogens (tertiary/aromatic N) is 1. The summed E-state index contributed by atoms with van der Waals surface area (Å²) in [5.74, 6) is -0.879. The number of benzene rings is 2. The summed E-state index contributed by atoms with van der Waals surface area (Å²) in [7, 11) is -3.78. The quantitative estimate of drug-likeness (QED) is 0.462. The minimum absolute atomic E-state index is 0.000675. The van der Waals surface area contributed by atoms with E-state index in [1.807, 2.05) is 12.1 Å². The first kappa shape index (κ1) is 21.9. The van der Waals surface area contributed by atoms with Gasteiger partial charge < -0.3 is 5.11 Å². The van der Waals surface area contributed by atoms with Crippen molar-refractivity contribution in [3.05, 3.63) is 69.8 Å². The van der Waals surface area contributed by atoms with Crippen molar-refractivity contribution in [3.8, 4) is 0 Å². The number of aliphatic carboxylic acids is 1. The molecule has 3 rings (SSSR count). The predicted molar refractivity (Wildman–Crippen MR) is 111 cm³/mol. The molecular weight excluding hydrogens is 408 g/mol. The molecule has 0 aromatic heterocycles. The van der Waals surface area contributed by atoms with Crippen LogP contribution in [0.15, 0.2) is 53.4 Å². The van der Waals surface area contributed by atoms with E-state index in [-0.39, 0.29) is 29.0 Å². The summed E-state index contributed by atoms with van der Waals surface area (Å²) in [5.41, 5.74) is 1.40. The topological polar surface area (TPSA) is 127 Å². The maximum absolute atomic E-state index is 12.7. The predicted octanol–water partition coefficient (Wildman–Crippen LogP) is 3.30. The molecule has 0 aliphatic heterocycles. The molecule has 0 bridgehead atoms. The van der Waals surface area contributed by atoms with Gasteiger partial charge in [-0.05, 0) is 47.9 Å². The highest BCUT2D eigenvalue weighted by Gasteiger charge is 2.35. The number of rotatable bonds is 9. The number of carboxylic acid groups (broad SMARTS) is 1. The van der Waals surface area contributed by atoms with Gasteiger partial charge in [0.15, 0.2) is 0 Å². The molecular formula is C21H24N2O6S. The van der Waals surface area contributed by atoms with Crippen molar-refractivity contribution >= 4 is 21.7 Å². The van der Waals surface area contributed by atoms with Gasteiger partial charge in [0.2, 0.25) is 10.0 Å². The first-order chi connectivity index (χ1) is 14.2. The summed E-state index contributed by atoms with van der Waals surface area (Å²) in [6.07, 6.45) is 4.51. The van der Waals surface area contributed by atoms with Crippen LogP contribution in [0.3, 0.4) is 0 Å². The highest BCUT2D eigenvalue weighted by atomic mass is 32.2. The van der Waals surface area contributed by atoms with E-state index in [1.165, 1.54) is 24.3 Å². The second kappa shape index (κ2) is 8.93. The Morgan fingerprint density at radius 3 is 2.13 bits per heavy atom. The monoisotopic (exact) mass is 432 g/mol. The van der Waals surface area contributed by atoms with Crippen molar-refractivity contribution in [1.82, 2.24) is 4.72 Å². The lowest BCUT2D eigenvalue weighted by molar-refractivity contribution is -0.384. The Labute approximate surface area is 175 Å². The Hall–Kier alpha value is -2.78. The van der Waals surface area contributed by atoms with E-state index in [0.717, 1.165) is 36.8 Å². The van der Waals surface area contributed by atoms with Gasteiger partial charge in [0, 0.05) is 18.7 Å². The summed E-state index contributed by atoms with van der Waals surface area (Å²) in [6, 6.07) is 12.2. The van der Waals surface area contributed by atoms with E-state index < -0.39 is 20.9 Å². The molecule has 0 spiro atoms. The molecule has 2 aromatic rings. The Morgan fingerprint density at radius 2 is 1.60 bits per heavy atom. The van der Waals surface area contributed by atoms with Crippen LogP contribution in [0.5, 0.6) is 0 Å². The summed E-state index contributed by atoms with van der Waals surface area (Å²) in [5, 5.41) is 19.7. The van der Waals surface area contributed by atoms with Gasteiger partial charge in [-0.1, -0.05) is 37.1 Å². The number of non-ortho nitro benzene ring substituents is 1. The average molecular weight is 432 g/mol. The van der Waals surface area contributed by atoms with E-state index in [9.17, 15) is 23.3 Å². The van der Waals surface area contributed by atoms with Crippen LogP contribution in [0.2, 0.25) is 0 Å². The van der Waals surface area contributed by atoms with Crippen LogP contribution < -0.4 is 4.72 Å². The molecule has 0 atom stereocenters. The zero-order chi connectivity index (χ0) is 21.8. The van der Waals surface area contributed by atoms with Crippen molar-refractivity contribution in [2.45, 2.75) is 43.4 Å². The van der Waals surface area contributed by atoms with Crippen molar-refractivity contribution < 1.29 is 23.2 Å². The standard InChI is InChI=1S/C21H24N2O6S/c24-20(25)13-16-3-5-17(6-4-16)14-21(11-1-2-12-21)15-22-30(28,29)19-9-7-18(8-10-19)23(26)27/h3-10,22H,1-2,11-15H2,(H,24,25). The SMILES string of the molecule is O=C(O)Cc1ccc(CC2(CNS(=O)(=O)c3ccc([N+](=O)[O-])cc3)CCCC2)cc1. The summed E-state index contributed by atoms with van der Waals surface area (Å²) in [6.45, 7) is 0.281. The number of nitro groups is 1. The van der Waals surface area contributed by atoms with Crippen molar-refractivity contribution in [2.24, 2.45) is 5.41 Å². The van der Waals surface area contributed by atoms with Crippen LogP contribution in [-0.4, -0.2) is 31.0 Å². The lowest BCUT2D eigenvalue weighted by Crippen LogP contribution is -2.37. The van der Waals surface area contributed by atoms with Gasteiger partial charge in [-0.2, -0.15) is 0 Å². The third-order valence-electron chi connectivity index (χ3n) is 5.62. The van der Waals surface area contributed by atoms with E-state index in [2.05, 4.69) is 4.72 Å². The van der Waals surface area contributed by atoms with Crippen LogP contribution in [0, 0.1) is 15.5 Å². The van der Waals surface area contributed by atoms with Crippen LogP contribution in [-0.2, 0) is 27.7 Å². The van der Waals surface area contributed by atoms with Crippen molar-refractivity contribution in [3.63, 3.8) is 0 Å². The van der Waals surface area contributed by atoms with Gasteiger partial charge >= 0.3 is 5.97 Å². The molecule has 2 aromatic carbocycles. The largest absolute Gasteiger partial charge is 0.481 e. The summed E-state index contributed by atoms with van der Waals surface area (Å²) in [4.78, 5) is 21.0. The normalized spacial score (nSPS) is 15.7. The van der Waals surface area contributed by atoms with Crippen LogP contribution in [0.1, 0.15) is 36.8 Å². The maximum Gasteiger partial charge on any atom is 0.307 e. The number of nitrogens with one attached hydrogen (secondary N) is 1. The molecule has 0 heterocycles. The van der Waals surface area contributed by atoms with Crippen LogP contribution in [0.4, 0.5) is 5.69 Å². The molecule has 8 nitrogen and oxygen atoms in total. The fourth-order valence-electron chi connectivity index (χ4n) is 4.00. The summed E-state index contributed by atoms with van der Waals surface area (Å²) < 4.78 is 28.0. The van der Waals surface area contributed by atoms with E-state index >= 15 is 0 Å². The van der Waals surface area contributed by atoms with E-state index in [1.54, 1.807) is 12.1 Å². The zero-order valence-electron chi connectivity index (χ0n) is 16.4. The Bertz CT molecular complexity index is 1010. The molecule has 0 saturated heterocycles. The molecule has 160 valence electrons. The van der Waals surface area contributed by atoms with Gasteiger partial charge in [-0.25, -0.2) is 13.1 Å². The molecule has 2 N–H and O–H groups in total. The number of nitro benzene ring substituents is 1. The average Bonchev–Trinajstić information content (AvgIpc) is 3.17. The second-order valence-electron chi connectivity index (χ2n) is 7.85. The van der Waals surface area contributed by atoms with Crippen LogP contribution in [0.25, 0.3) is 0 Å². The molecule has 1 fully saturated rings. The van der Waals surface area contributed by atoms with E-state index in [0.29, 0.717) is 6.42 Å². The second-order valence-corrected chi connectivity index (χ2v) is 9.61. The number of sulfonamides is 1.